The molecule has 1 aliphatic rings. The van der Waals surface area contributed by atoms with Crippen molar-refractivity contribution in [3.05, 3.63) is 54.1 Å². The van der Waals surface area contributed by atoms with Crippen LogP contribution >= 0.6 is 0 Å². The van der Waals surface area contributed by atoms with E-state index in [1.807, 2.05) is 49.4 Å². The number of amides is 3. The molecule has 1 atom stereocenters. The Morgan fingerprint density at radius 3 is 2.50 bits per heavy atom. The summed E-state index contributed by atoms with van der Waals surface area (Å²) in [6.45, 7) is 3.85. The second kappa shape index (κ2) is 8.69. The minimum Gasteiger partial charge on any atom is -0.347 e. The van der Waals surface area contributed by atoms with Crippen molar-refractivity contribution in [3.63, 3.8) is 0 Å². The minimum absolute atomic E-state index is 0.0814. The van der Waals surface area contributed by atoms with Gasteiger partial charge in [0, 0.05) is 19.2 Å². The summed E-state index contributed by atoms with van der Waals surface area (Å²) >= 11 is 0. The number of nitrogens with zero attached hydrogens (tertiary/aromatic N) is 1. The molecular formula is C22H25N3O3. The molecule has 3 amide bonds. The van der Waals surface area contributed by atoms with E-state index in [9.17, 15) is 14.4 Å². The van der Waals surface area contributed by atoms with Crippen LogP contribution in [0.25, 0.3) is 11.1 Å². The van der Waals surface area contributed by atoms with E-state index in [0.717, 1.165) is 17.5 Å². The lowest BCUT2D eigenvalue weighted by molar-refractivity contribution is -0.136. The summed E-state index contributed by atoms with van der Waals surface area (Å²) in [7, 11) is 0. The molecule has 6 nitrogen and oxygen atoms in total. The first-order valence-corrected chi connectivity index (χ1v) is 9.46. The number of rotatable bonds is 5. The van der Waals surface area contributed by atoms with E-state index >= 15 is 0 Å². The number of likely N-dealkylation sites (tertiary alicyclic amines) is 1. The molecule has 1 fully saturated rings. The summed E-state index contributed by atoms with van der Waals surface area (Å²) in [5.74, 6) is -0.696. The van der Waals surface area contributed by atoms with Gasteiger partial charge in [0.15, 0.2) is 0 Å². The Hall–Kier alpha value is -3.15. The quantitative estimate of drug-likeness (QED) is 0.838. The molecule has 0 aliphatic carbocycles. The third kappa shape index (κ3) is 4.76. The number of hydrogen-bond acceptors (Lipinski definition) is 3. The molecule has 146 valence electrons. The standard InChI is InChI=1S/C22H25N3O3/c1-15-6-3-7-17(12-15)18-8-4-9-19(13-18)24-22(28)20-10-5-11-25(20)21(27)14-23-16(2)26/h3-4,6-9,12-13,20H,5,10-11,14H2,1-2H3,(H,23,26)(H,24,28). The first-order valence-electron chi connectivity index (χ1n) is 9.46. The Labute approximate surface area is 164 Å². The van der Waals surface area contributed by atoms with E-state index in [-0.39, 0.29) is 24.3 Å². The number of anilines is 1. The van der Waals surface area contributed by atoms with Gasteiger partial charge in [-0.15, -0.1) is 0 Å². The fourth-order valence-electron chi connectivity index (χ4n) is 3.47. The molecule has 28 heavy (non-hydrogen) atoms. The van der Waals surface area contributed by atoms with Crippen LogP contribution in [0.15, 0.2) is 48.5 Å². The van der Waals surface area contributed by atoms with E-state index < -0.39 is 6.04 Å². The van der Waals surface area contributed by atoms with E-state index in [2.05, 4.69) is 16.7 Å². The SMILES string of the molecule is CC(=O)NCC(=O)N1CCCC1C(=O)Nc1cccc(-c2cccc(C)c2)c1. The van der Waals surface area contributed by atoms with Crippen LogP contribution in [0.1, 0.15) is 25.3 Å². The van der Waals surface area contributed by atoms with Gasteiger partial charge in [0.2, 0.25) is 17.7 Å². The van der Waals surface area contributed by atoms with Gasteiger partial charge in [-0.05, 0) is 43.0 Å². The largest absolute Gasteiger partial charge is 0.347 e. The van der Waals surface area contributed by atoms with Crippen LogP contribution in [0.3, 0.4) is 0 Å². The van der Waals surface area contributed by atoms with Crippen LogP contribution in [-0.2, 0) is 14.4 Å². The summed E-state index contributed by atoms with van der Waals surface area (Å²) < 4.78 is 0. The number of carbonyl (C=O) groups is 3. The zero-order chi connectivity index (χ0) is 20.1. The van der Waals surface area contributed by atoms with Gasteiger partial charge in [-0.25, -0.2) is 0 Å². The Balaban J connectivity index is 1.69. The van der Waals surface area contributed by atoms with Gasteiger partial charge in [0.05, 0.1) is 6.54 Å². The Bertz CT molecular complexity index is 894. The van der Waals surface area contributed by atoms with E-state index in [4.69, 9.17) is 0 Å². The van der Waals surface area contributed by atoms with Gasteiger partial charge in [-0.2, -0.15) is 0 Å². The topological polar surface area (TPSA) is 78.5 Å². The fraction of sp³-hybridized carbons (Fsp3) is 0.318. The summed E-state index contributed by atoms with van der Waals surface area (Å²) in [4.78, 5) is 37.7. The number of hydrogen-bond donors (Lipinski definition) is 2. The zero-order valence-corrected chi connectivity index (χ0v) is 16.2. The van der Waals surface area contributed by atoms with Crippen LogP contribution in [-0.4, -0.2) is 41.8 Å². The first-order chi connectivity index (χ1) is 13.4. The summed E-state index contributed by atoms with van der Waals surface area (Å²) in [6, 6.07) is 15.4. The molecule has 0 radical (unpaired) electrons. The molecule has 1 heterocycles. The Morgan fingerprint density at radius 1 is 1.07 bits per heavy atom. The molecule has 1 unspecified atom stereocenters. The van der Waals surface area contributed by atoms with Crippen molar-refractivity contribution in [3.8, 4) is 11.1 Å². The van der Waals surface area contributed by atoms with Crippen molar-refractivity contribution in [2.75, 3.05) is 18.4 Å². The van der Waals surface area contributed by atoms with E-state index in [1.165, 1.54) is 12.5 Å². The van der Waals surface area contributed by atoms with Crippen molar-refractivity contribution in [2.45, 2.75) is 32.7 Å². The van der Waals surface area contributed by atoms with Gasteiger partial charge in [0.25, 0.3) is 0 Å². The normalized spacial score (nSPS) is 15.9. The monoisotopic (exact) mass is 379 g/mol. The molecule has 3 rings (SSSR count). The number of nitrogens with one attached hydrogen (secondary N) is 2. The highest BCUT2D eigenvalue weighted by Crippen LogP contribution is 2.25. The van der Waals surface area contributed by atoms with E-state index in [1.54, 1.807) is 4.90 Å². The minimum atomic E-state index is -0.510. The fourth-order valence-corrected chi connectivity index (χ4v) is 3.47. The average molecular weight is 379 g/mol. The highest BCUT2D eigenvalue weighted by atomic mass is 16.2. The lowest BCUT2D eigenvalue weighted by Gasteiger charge is -2.24. The number of aryl methyl sites for hydroxylation is 1. The molecule has 0 saturated carbocycles. The summed E-state index contributed by atoms with van der Waals surface area (Å²) in [5, 5.41) is 5.44. The second-order valence-corrected chi connectivity index (χ2v) is 7.09. The molecule has 1 saturated heterocycles. The smallest absolute Gasteiger partial charge is 0.247 e. The second-order valence-electron chi connectivity index (χ2n) is 7.09. The lowest BCUT2D eigenvalue weighted by atomic mass is 10.0. The summed E-state index contributed by atoms with van der Waals surface area (Å²) in [6.07, 6.45) is 1.39. The van der Waals surface area contributed by atoms with Crippen LogP contribution in [0.4, 0.5) is 5.69 Å². The van der Waals surface area contributed by atoms with E-state index in [0.29, 0.717) is 18.7 Å². The first kappa shape index (κ1) is 19.6. The molecule has 0 spiro atoms. The molecule has 2 aromatic carbocycles. The Morgan fingerprint density at radius 2 is 1.79 bits per heavy atom. The van der Waals surface area contributed by atoms with Crippen LogP contribution < -0.4 is 10.6 Å². The molecule has 0 aromatic heterocycles. The van der Waals surface area contributed by atoms with Gasteiger partial charge < -0.3 is 15.5 Å². The number of carbonyl (C=O) groups excluding carboxylic acids is 3. The van der Waals surface area contributed by atoms with Gasteiger partial charge in [-0.1, -0.05) is 42.0 Å². The third-order valence-corrected chi connectivity index (χ3v) is 4.85. The Kier molecular flexibility index (Phi) is 6.09. The van der Waals surface area contributed by atoms with Crippen molar-refractivity contribution >= 4 is 23.4 Å². The van der Waals surface area contributed by atoms with Gasteiger partial charge >= 0.3 is 0 Å². The maximum absolute atomic E-state index is 12.8. The molecule has 6 heteroatoms. The van der Waals surface area contributed by atoms with Gasteiger partial charge in [0.1, 0.15) is 6.04 Å². The van der Waals surface area contributed by atoms with Crippen LogP contribution in [0, 0.1) is 6.92 Å². The highest BCUT2D eigenvalue weighted by Gasteiger charge is 2.33. The van der Waals surface area contributed by atoms with Gasteiger partial charge in [-0.3, -0.25) is 14.4 Å². The molecular weight excluding hydrogens is 354 g/mol. The van der Waals surface area contributed by atoms with Crippen LogP contribution in [0.2, 0.25) is 0 Å². The molecule has 2 N–H and O–H groups in total. The lowest BCUT2D eigenvalue weighted by Crippen LogP contribution is -2.46. The van der Waals surface area contributed by atoms with Crippen LogP contribution in [0.5, 0.6) is 0 Å². The van der Waals surface area contributed by atoms with Crippen molar-refractivity contribution in [2.24, 2.45) is 0 Å². The maximum atomic E-state index is 12.8. The molecule has 2 aromatic rings. The maximum Gasteiger partial charge on any atom is 0.247 e. The van der Waals surface area contributed by atoms with Crippen molar-refractivity contribution in [1.82, 2.24) is 10.2 Å². The molecule has 0 bridgehead atoms. The molecule has 1 aliphatic heterocycles. The predicted molar refractivity (Wildman–Crippen MR) is 109 cm³/mol. The third-order valence-electron chi connectivity index (χ3n) is 4.85. The number of benzene rings is 2. The highest BCUT2D eigenvalue weighted by molar-refractivity contribution is 5.98. The van der Waals surface area contributed by atoms with Crippen molar-refractivity contribution < 1.29 is 14.4 Å². The average Bonchev–Trinajstić information content (AvgIpc) is 3.16. The summed E-state index contributed by atoms with van der Waals surface area (Å²) in [5.41, 5.74) is 3.98. The zero-order valence-electron chi connectivity index (χ0n) is 16.2. The van der Waals surface area contributed by atoms with Crippen molar-refractivity contribution in [1.29, 1.82) is 0 Å². The predicted octanol–water partition coefficient (Wildman–Crippen LogP) is 2.73.